The lowest BCUT2D eigenvalue weighted by atomic mass is 9.91. The largest absolute Gasteiger partial charge is 0.369 e. The minimum Gasteiger partial charge on any atom is -0.369 e. The third-order valence-corrected chi connectivity index (χ3v) is 8.44. The number of carbonyl (C=O) groups excluding carboxylic acids is 3. The van der Waals surface area contributed by atoms with Gasteiger partial charge in [-0.1, -0.05) is 41.0 Å². The average Bonchev–Trinajstić information content (AvgIpc) is 3.47. The number of likely N-dealkylation sites (N-methyl/N-ethyl adjacent to an activating group) is 1. The Hall–Kier alpha value is -2.45. The number of hydrogen-bond donors (Lipinski definition) is 1. The van der Waals surface area contributed by atoms with Crippen LogP contribution in [0, 0.1) is 17.8 Å². The average molecular weight is 499 g/mol. The van der Waals surface area contributed by atoms with E-state index >= 15 is 0 Å². The van der Waals surface area contributed by atoms with Crippen LogP contribution in [0.3, 0.4) is 0 Å². The first-order valence-corrected chi connectivity index (χ1v) is 13.6. The number of carbonyl (C=O) groups is 3. The molecule has 1 aromatic carbocycles. The Morgan fingerprint density at radius 2 is 1.72 bits per heavy atom. The molecule has 3 saturated heterocycles. The Kier molecular flexibility index (Phi) is 8.35. The van der Waals surface area contributed by atoms with Crippen molar-refractivity contribution in [3.63, 3.8) is 0 Å². The Labute approximate surface area is 215 Å². The molecule has 3 heterocycles. The van der Waals surface area contributed by atoms with Gasteiger partial charge in [-0.15, -0.1) is 0 Å². The summed E-state index contributed by atoms with van der Waals surface area (Å²) in [5.41, 5.74) is 1.64. The molecule has 198 valence electrons. The summed E-state index contributed by atoms with van der Waals surface area (Å²) in [6, 6.07) is 6.42. The molecular weight excluding hydrogens is 456 g/mol. The standard InChI is InChI=1S/C28H42N4O4/c1-6-19(5)24(28(35)32-16-22(18(3)4)26-25(32)23(33)17-36-26)29-27(34)20-8-10-21(11-9-20)31-14-12-30(7-2)13-15-31/h8-11,18-19,22,24-26H,6-7,12-17H2,1-5H3,(H,29,34)/t19-,22+,24-,25+,26+/m0/s1. The molecular formula is C28H42N4O4. The summed E-state index contributed by atoms with van der Waals surface area (Å²) in [6.07, 6.45) is 0.487. The summed E-state index contributed by atoms with van der Waals surface area (Å²) in [7, 11) is 0. The molecule has 3 aliphatic rings. The number of nitrogens with one attached hydrogen (secondary N) is 1. The summed E-state index contributed by atoms with van der Waals surface area (Å²) >= 11 is 0. The number of ether oxygens (including phenoxy) is 1. The Morgan fingerprint density at radius 1 is 1.06 bits per heavy atom. The molecule has 0 unspecified atom stereocenters. The number of likely N-dealkylation sites (tertiary alicyclic amines) is 1. The van der Waals surface area contributed by atoms with Gasteiger partial charge in [0.2, 0.25) is 5.91 Å². The first-order chi connectivity index (χ1) is 17.2. The minimum absolute atomic E-state index is 0.0407. The maximum atomic E-state index is 13.8. The lowest BCUT2D eigenvalue weighted by Gasteiger charge is -2.35. The van der Waals surface area contributed by atoms with E-state index in [-0.39, 0.29) is 42.1 Å². The molecule has 0 bridgehead atoms. The highest BCUT2D eigenvalue weighted by atomic mass is 16.5. The second-order valence-electron chi connectivity index (χ2n) is 10.9. The van der Waals surface area contributed by atoms with E-state index in [0.29, 0.717) is 18.0 Å². The molecule has 0 spiro atoms. The van der Waals surface area contributed by atoms with E-state index in [9.17, 15) is 14.4 Å². The SMILES string of the molecule is CC[C@H](C)[C@H](NC(=O)c1ccc(N2CCN(CC)CC2)cc1)C(=O)N1C[C@H](C(C)C)[C@H]2OCC(=O)[C@H]21. The van der Waals surface area contributed by atoms with Gasteiger partial charge in [0.25, 0.3) is 5.91 Å². The number of hydrogen-bond acceptors (Lipinski definition) is 6. The van der Waals surface area contributed by atoms with Crippen LogP contribution in [0.4, 0.5) is 5.69 Å². The summed E-state index contributed by atoms with van der Waals surface area (Å²) < 4.78 is 5.80. The fraction of sp³-hybridized carbons (Fsp3) is 0.679. The van der Waals surface area contributed by atoms with Crippen molar-refractivity contribution in [2.75, 3.05) is 50.8 Å². The molecule has 1 N–H and O–H groups in total. The zero-order chi connectivity index (χ0) is 26.0. The van der Waals surface area contributed by atoms with Gasteiger partial charge in [0, 0.05) is 49.9 Å². The minimum atomic E-state index is -0.690. The Morgan fingerprint density at radius 3 is 2.31 bits per heavy atom. The maximum absolute atomic E-state index is 13.8. The molecule has 3 aliphatic heterocycles. The van der Waals surface area contributed by atoms with E-state index in [0.717, 1.165) is 44.8 Å². The Balaban J connectivity index is 1.46. The quantitative estimate of drug-likeness (QED) is 0.593. The normalized spacial score (nSPS) is 26.3. The number of ketones is 1. The molecule has 2 amide bonds. The number of benzene rings is 1. The van der Waals surface area contributed by atoms with Crippen LogP contribution in [0.2, 0.25) is 0 Å². The molecule has 36 heavy (non-hydrogen) atoms. The van der Waals surface area contributed by atoms with Gasteiger partial charge in [-0.2, -0.15) is 0 Å². The molecule has 0 aromatic heterocycles. The van der Waals surface area contributed by atoms with Gasteiger partial charge in [0.1, 0.15) is 18.7 Å². The van der Waals surface area contributed by atoms with Crippen molar-refractivity contribution in [2.24, 2.45) is 17.8 Å². The summed E-state index contributed by atoms with van der Waals surface area (Å²) in [6.45, 7) is 16.0. The number of anilines is 1. The summed E-state index contributed by atoms with van der Waals surface area (Å²) in [4.78, 5) is 46.1. The highest BCUT2D eigenvalue weighted by Gasteiger charge is 2.54. The van der Waals surface area contributed by atoms with Crippen molar-refractivity contribution in [1.29, 1.82) is 0 Å². The van der Waals surface area contributed by atoms with Crippen molar-refractivity contribution in [3.8, 4) is 0 Å². The number of rotatable bonds is 8. The number of nitrogens with zero attached hydrogens (tertiary/aromatic N) is 3. The van der Waals surface area contributed by atoms with E-state index < -0.39 is 12.1 Å². The summed E-state index contributed by atoms with van der Waals surface area (Å²) in [5.74, 6) is -0.140. The van der Waals surface area contributed by atoms with Gasteiger partial charge in [0.05, 0.1) is 6.10 Å². The van der Waals surface area contributed by atoms with Crippen LogP contribution >= 0.6 is 0 Å². The van der Waals surface area contributed by atoms with Crippen LogP contribution < -0.4 is 10.2 Å². The van der Waals surface area contributed by atoms with Crippen LogP contribution in [0.1, 0.15) is 51.4 Å². The fourth-order valence-electron chi connectivity index (χ4n) is 5.74. The smallest absolute Gasteiger partial charge is 0.251 e. The highest BCUT2D eigenvalue weighted by molar-refractivity contribution is 5.99. The molecule has 0 saturated carbocycles. The van der Waals surface area contributed by atoms with E-state index in [2.05, 4.69) is 35.9 Å². The third-order valence-electron chi connectivity index (χ3n) is 8.44. The van der Waals surface area contributed by atoms with Gasteiger partial charge in [0.15, 0.2) is 5.78 Å². The predicted octanol–water partition coefficient (Wildman–Crippen LogP) is 2.42. The van der Waals surface area contributed by atoms with Crippen LogP contribution in [-0.2, 0) is 14.3 Å². The third kappa shape index (κ3) is 5.30. The molecule has 0 radical (unpaired) electrons. The molecule has 0 aliphatic carbocycles. The highest BCUT2D eigenvalue weighted by Crippen LogP contribution is 2.36. The van der Waals surface area contributed by atoms with Crippen LogP contribution in [0.5, 0.6) is 0 Å². The zero-order valence-electron chi connectivity index (χ0n) is 22.4. The van der Waals surface area contributed by atoms with Crippen molar-refractivity contribution in [1.82, 2.24) is 15.1 Å². The monoisotopic (exact) mass is 498 g/mol. The number of piperazine rings is 1. The fourth-order valence-corrected chi connectivity index (χ4v) is 5.74. The van der Waals surface area contributed by atoms with Crippen LogP contribution in [0.15, 0.2) is 24.3 Å². The van der Waals surface area contributed by atoms with Crippen molar-refractivity contribution >= 4 is 23.3 Å². The van der Waals surface area contributed by atoms with E-state index in [4.69, 9.17) is 4.74 Å². The lowest BCUT2D eigenvalue weighted by molar-refractivity contribution is -0.139. The molecule has 4 rings (SSSR count). The maximum Gasteiger partial charge on any atom is 0.251 e. The van der Waals surface area contributed by atoms with Crippen molar-refractivity contribution < 1.29 is 19.1 Å². The molecule has 1 aromatic rings. The first-order valence-electron chi connectivity index (χ1n) is 13.6. The van der Waals surface area contributed by atoms with Gasteiger partial charge in [-0.3, -0.25) is 14.4 Å². The van der Waals surface area contributed by atoms with E-state index in [1.165, 1.54) is 0 Å². The van der Waals surface area contributed by atoms with Gasteiger partial charge in [-0.05, 0) is 42.6 Å². The molecule has 8 heteroatoms. The summed E-state index contributed by atoms with van der Waals surface area (Å²) in [5, 5.41) is 3.01. The lowest BCUT2D eigenvalue weighted by Crippen LogP contribution is -2.54. The molecule has 8 nitrogen and oxygen atoms in total. The van der Waals surface area contributed by atoms with Crippen molar-refractivity contribution in [2.45, 2.75) is 59.2 Å². The van der Waals surface area contributed by atoms with Crippen LogP contribution in [-0.4, -0.2) is 91.5 Å². The topological polar surface area (TPSA) is 82.2 Å². The number of amides is 2. The van der Waals surface area contributed by atoms with Gasteiger partial charge < -0.3 is 24.8 Å². The molecule has 5 atom stereocenters. The van der Waals surface area contributed by atoms with Crippen LogP contribution in [0.25, 0.3) is 0 Å². The van der Waals surface area contributed by atoms with E-state index in [1.807, 2.05) is 38.1 Å². The van der Waals surface area contributed by atoms with Gasteiger partial charge >= 0.3 is 0 Å². The Bertz CT molecular complexity index is 941. The second kappa shape index (κ2) is 11.3. The van der Waals surface area contributed by atoms with E-state index in [1.54, 1.807) is 4.90 Å². The first kappa shape index (κ1) is 26.6. The predicted molar refractivity (Wildman–Crippen MR) is 140 cm³/mol. The number of Topliss-reactive ketones (excluding diaryl/α,β-unsaturated/α-hetero) is 1. The van der Waals surface area contributed by atoms with Crippen molar-refractivity contribution in [3.05, 3.63) is 29.8 Å². The zero-order valence-corrected chi connectivity index (χ0v) is 22.4. The number of fused-ring (bicyclic) bond motifs is 1. The molecule has 3 fully saturated rings. The second-order valence-corrected chi connectivity index (χ2v) is 10.9. The van der Waals surface area contributed by atoms with Gasteiger partial charge in [-0.25, -0.2) is 0 Å².